The van der Waals surface area contributed by atoms with Crippen LogP contribution >= 0.6 is 0 Å². The zero-order valence-corrected chi connectivity index (χ0v) is 12.5. The number of carboxylic acid groups (broad SMARTS) is 1. The number of carbonyl (C=O) groups is 2. The average Bonchev–Trinajstić information content (AvgIpc) is 2.88. The Morgan fingerprint density at radius 1 is 1.40 bits per heavy atom. The molecule has 0 spiro atoms. The van der Waals surface area contributed by atoms with Gasteiger partial charge in [0.25, 0.3) is 0 Å². The molecule has 1 heterocycles. The Hall–Kier alpha value is -1.30. The molecule has 116 valence electrons. The van der Waals surface area contributed by atoms with Gasteiger partial charge >= 0.3 is 12.0 Å². The summed E-state index contributed by atoms with van der Waals surface area (Å²) in [5.41, 5.74) is 0. The van der Waals surface area contributed by atoms with Crippen LogP contribution in [0.3, 0.4) is 0 Å². The number of hydrogen-bond acceptors (Lipinski definition) is 3. The summed E-state index contributed by atoms with van der Waals surface area (Å²) in [6, 6.07) is -1.26. The van der Waals surface area contributed by atoms with Crippen LogP contribution in [0, 0.1) is 11.8 Å². The van der Waals surface area contributed by atoms with E-state index in [1.165, 1.54) is 0 Å². The number of amides is 2. The minimum Gasteiger partial charge on any atom is -0.480 e. The van der Waals surface area contributed by atoms with Gasteiger partial charge in [-0.2, -0.15) is 0 Å². The van der Waals surface area contributed by atoms with Gasteiger partial charge in [0.2, 0.25) is 0 Å². The molecule has 6 nitrogen and oxygen atoms in total. The van der Waals surface area contributed by atoms with Crippen molar-refractivity contribution in [1.29, 1.82) is 0 Å². The number of carbonyl (C=O) groups excluding carboxylic acids is 1. The molecule has 1 aliphatic heterocycles. The number of aliphatic carboxylic acids is 1. The SMILES string of the molecule is CCC1OCCC1CNC(=O)N[C@H](C(=O)O)[C@@H](C)CC. The quantitative estimate of drug-likeness (QED) is 0.663. The van der Waals surface area contributed by atoms with Gasteiger partial charge in [-0.25, -0.2) is 9.59 Å². The lowest BCUT2D eigenvalue weighted by molar-refractivity contribution is -0.140. The van der Waals surface area contributed by atoms with Crippen LogP contribution in [0.5, 0.6) is 0 Å². The molecule has 1 rings (SSSR count). The molecule has 0 aromatic heterocycles. The largest absolute Gasteiger partial charge is 0.480 e. The fourth-order valence-electron chi connectivity index (χ4n) is 2.48. The van der Waals surface area contributed by atoms with Crippen LogP contribution < -0.4 is 10.6 Å². The zero-order valence-electron chi connectivity index (χ0n) is 12.5. The Kier molecular flexibility index (Phi) is 6.78. The van der Waals surface area contributed by atoms with Crippen LogP contribution in [0.1, 0.15) is 40.0 Å². The second-order valence-electron chi connectivity index (χ2n) is 5.42. The van der Waals surface area contributed by atoms with Gasteiger partial charge in [-0.15, -0.1) is 0 Å². The predicted octanol–water partition coefficient (Wildman–Crippen LogP) is 1.60. The number of hydrogen-bond donors (Lipinski definition) is 3. The summed E-state index contributed by atoms with van der Waals surface area (Å²) in [5.74, 6) is -0.779. The van der Waals surface area contributed by atoms with Crippen LogP contribution in [0.4, 0.5) is 4.79 Å². The Labute approximate surface area is 120 Å². The van der Waals surface area contributed by atoms with Crippen molar-refractivity contribution in [1.82, 2.24) is 10.6 Å². The summed E-state index contributed by atoms with van der Waals surface area (Å²) in [6.45, 7) is 7.04. The minimum atomic E-state index is -0.995. The van der Waals surface area contributed by atoms with Gasteiger partial charge in [-0.3, -0.25) is 0 Å². The molecule has 20 heavy (non-hydrogen) atoms. The molecule has 1 aliphatic rings. The monoisotopic (exact) mass is 286 g/mol. The molecule has 3 N–H and O–H groups in total. The molecule has 1 saturated heterocycles. The molecule has 2 amide bonds. The molecule has 0 saturated carbocycles. The third-order valence-corrected chi connectivity index (χ3v) is 4.04. The van der Waals surface area contributed by atoms with Crippen molar-refractivity contribution < 1.29 is 19.4 Å². The van der Waals surface area contributed by atoms with Crippen molar-refractivity contribution in [2.45, 2.75) is 52.2 Å². The van der Waals surface area contributed by atoms with Gasteiger partial charge in [0.15, 0.2) is 0 Å². The molecular weight excluding hydrogens is 260 g/mol. The summed E-state index contributed by atoms with van der Waals surface area (Å²) in [7, 11) is 0. The average molecular weight is 286 g/mol. The topological polar surface area (TPSA) is 87.7 Å². The lowest BCUT2D eigenvalue weighted by atomic mass is 9.99. The van der Waals surface area contributed by atoms with E-state index in [2.05, 4.69) is 17.6 Å². The third kappa shape index (κ3) is 4.67. The minimum absolute atomic E-state index is 0.101. The first-order valence-corrected chi connectivity index (χ1v) is 7.38. The van der Waals surface area contributed by atoms with Gasteiger partial charge in [-0.05, 0) is 18.8 Å². The lowest BCUT2D eigenvalue weighted by Gasteiger charge is -2.22. The van der Waals surface area contributed by atoms with Crippen LogP contribution in [-0.2, 0) is 9.53 Å². The van der Waals surface area contributed by atoms with Crippen molar-refractivity contribution in [3.8, 4) is 0 Å². The Morgan fingerprint density at radius 3 is 2.65 bits per heavy atom. The second kappa shape index (κ2) is 8.09. The molecule has 0 radical (unpaired) electrons. The van der Waals surface area contributed by atoms with E-state index in [-0.39, 0.29) is 12.0 Å². The standard InChI is InChI=1S/C14H26N2O4/c1-4-9(3)12(13(17)18)16-14(19)15-8-10-6-7-20-11(10)5-2/h9-12H,4-8H2,1-3H3,(H,17,18)(H2,15,16,19)/t9-,10?,11?,12-/m0/s1. The van der Waals surface area contributed by atoms with Crippen molar-refractivity contribution >= 4 is 12.0 Å². The van der Waals surface area contributed by atoms with Gasteiger partial charge in [0.1, 0.15) is 6.04 Å². The fraction of sp³-hybridized carbons (Fsp3) is 0.857. The van der Waals surface area contributed by atoms with E-state index in [1.54, 1.807) is 0 Å². The summed E-state index contributed by atoms with van der Waals surface area (Å²) in [4.78, 5) is 22.9. The first-order chi connectivity index (χ1) is 9.49. The van der Waals surface area contributed by atoms with E-state index in [9.17, 15) is 9.59 Å². The molecule has 1 fully saturated rings. The molecule has 0 aliphatic carbocycles. The number of nitrogens with one attached hydrogen (secondary N) is 2. The van der Waals surface area contributed by atoms with E-state index >= 15 is 0 Å². The zero-order chi connectivity index (χ0) is 15.1. The number of rotatable bonds is 7. The predicted molar refractivity (Wildman–Crippen MR) is 75.6 cm³/mol. The van der Waals surface area contributed by atoms with E-state index < -0.39 is 18.0 Å². The van der Waals surface area contributed by atoms with Crippen LogP contribution in [0.2, 0.25) is 0 Å². The highest BCUT2D eigenvalue weighted by molar-refractivity contribution is 5.82. The number of carboxylic acids is 1. The van der Waals surface area contributed by atoms with Gasteiger partial charge in [0.05, 0.1) is 6.10 Å². The maximum absolute atomic E-state index is 11.8. The Morgan fingerprint density at radius 2 is 2.10 bits per heavy atom. The normalized spacial score (nSPS) is 24.9. The van der Waals surface area contributed by atoms with Crippen LogP contribution in [0.15, 0.2) is 0 Å². The molecule has 2 unspecified atom stereocenters. The maximum atomic E-state index is 11.8. The van der Waals surface area contributed by atoms with E-state index in [4.69, 9.17) is 9.84 Å². The Bertz CT molecular complexity index is 335. The van der Waals surface area contributed by atoms with E-state index in [1.807, 2.05) is 13.8 Å². The van der Waals surface area contributed by atoms with Crippen molar-refractivity contribution in [2.75, 3.05) is 13.2 Å². The van der Waals surface area contributed by atoms with Crippen LogP contribution in [-0.4, -0.2) is 42.4 Å². The summed E-state index contributed by atoms with van der Waals surface area (Å²) < 4.78 is 5.56. The molecule has 4 atom stereocenters. The highest BCUT2D eigenvalue weighted by Gasteiger charge is 2.28. The van der Waals surface area contributed by atoms with Gasteiger partial charge in [0, 0.05) is 19.1 Å². The lowest BCUT2D eigenvalue weighted by Crippen LogP contribution is -2.50. The summed E-state index contributed by atoms with van der Waals surface area (Å²) >= 11 is 0. The van der Waals surface area contributed by atoms with Crippen molar-refractivity contribution in [3.63, 3.8) is 0 Å². The van der Waals surface area contributed by atoms with Gasteiger partial charge in [-0.1, -0.05) is 27.2 Å². The van der Waals surface area contributed by atoms with Gasteiger partial charge < -0.3 is 20.5 Å². The maximum Gasteiger partial charge on any atom is 0.326 e. The molecule has 0 aromatic rings. The van der Waals surface area contributed by atoms with E-state index in [0.29, 0.717) is 18.9 Å². The molecular formula is C14H26N2O4. The van der Waals surface area contributed by atoms with E-state index in [0.717, 1.165) is 19.4 Å². The number of ether oxygens (including phenoxy) is 1. The molecule has 0 aromatic carbocycles. The third-order valence-electron chi connectivity index (χ3n) is 4.04. The first-order valence-electron chi connectivity index (χ1n) is 7.38. The first kappa shape index (κ1) is 16.8. The van der Waals surface area contributed by atoms with Crippen LogP contribution in [0.25, 0.3) is 0 Å². The van der Waals surface area contributed by atoms with Crippen molar-refractivity contribution in [3.05, 3.63) is 0 Å². The summed E-state index contributed by atoms with van der Waals surface area (Å²) in [6.07, 6.45) is 2.76. The fourth-order valence-corrected chi connectivity index (χ4v) is 2.48. The highest BCUT2D eigenvalue weighted by atomic mass is 16.5. The Balaban J connectivity index is 2.40. The summed E-state index contributed by atoms with van der Waals surface area (Å²) in [5, 5.41) is 14.4. The van der Waals surface area contributed by atoms with Crippen molar-refractivity contribution in [2.24, 2.45) is 11.8 Å². The number of urea groups is 1. The molecule has 6 heteroatoms. The highest BCUT2D eigenvalue weighted by Crippen LogP contribution is 2.22. The smallest absolute Gasteiger partial charge is 0.326 e. The second-order valence-corrected chi connectivity index (χ2v) is 5.42. The molecule has 0 bridgehead atoms.